The van der Waals surface area contributed by atoms with E-state index in [0.29, 0.717) is 6.04 Å². The molecule has 3 unspecified atom stereocenters. The number of hydrogen-bond acceptors (Lipinski definition) is 1. The van der Waals surface area contributed by atoms with E-state index < -0.39 is 0 Å². The lowest BCUT2D eigenvalue weighted by Crippen LogP contribution is -2.34. The minimum Gasteiger partial charge on any atom is -0.381 e. The second-order valence-electron chi connectivity index (χ2n) is 6.08. The lowest BCUT2D eigenvalue weighted by atomic mass is 9.69. The predicted octanol–water partition coefficient (Wildman–Crippen LogP) is 5.98. The summed E-state index contributed by atoms with van der Waals surface area (Å²) in [6, 6.07) is 7.06. The van der Waals surface area contributed by atoms with E-state index in [-0.39, 0.29) is 0 Å². The molecule has 0 bridgehead atoms. The molecular formula is C16H21Br2N. The maximum atomic E-state index is 3.74. The first-order chi connectivity index (χ1) is 9.22. The Morgan fingerprint density at radius 1 is 0.947 bits per heavy atom. The minimum absolute atomic E-state index is 0.664. The number of hydrogen-bond donors (Lipinski definition) is 1. The van der Waals surface area contributed by atoms with Gasteiger partial charge in [0.15, 0.2) is 0 Å². The molecule has 0 radical (unpaired) electrons. The molecule has 1 nitrogen and oxygen atoms in total. The normalized spacial score (nSPS) is 30.7. The molecule has 0 amide bonds. The lowest BCUT2D eigenvalue weighted by molar-refractivity contribution is 0.162. The van der Waals surface area contributed by atoms with E-state index >= 15 is 0 Å². The third kappa shape index (κ3) is 3.36. The van der Waals surface area contributed by atoms with Crippen LogP contribution in [0.25, 0.3) is 0 Å². The van der Waals surface area contributed by atoms with Gasteiger partial charge in [-0.2, -0.15) is 0 Å². The molecule has 0 aromatic heterocycles. The highest BCUT2D eigenvalue weighted by atomic mass is 79.9. The quantitative estimate of drug-likeness (QED) is 0.658. The third-order valence-electron chi connectivity index (χ3n) is 4.83. The van der Waals surface area contributed by atoms with Gasteiger partial charge >= 0.3 is 0 Å². The maximum Gasteiger partial charge on any atom is 0.0487 e. The summed E-state index contributed by atoms with van der Waals surface area (Å²) in [7, 11) is 0. The van der Waals surface area contributed by atoms with Crippen LogP contribution in [0.5, 0.6) is 0 Å². The lowest BCUT2D eigenvalue weighted by Gasteiger charge is -2.40. The van der Waals surface area contributed by atoms with Crippen LogP contribution in [0, 0.1) is 11.8 Å². The van der Waals surface area contributed by atoms with Gasteiger partial charge in [-0.3, -0.25) is 0 Å². The maximum absolute atomic E-state index is 3.74. The van der Waals surface area contributed by atoms with Gasteiger partial charge < -0.3 is 5.32 Å². The van der Waals surface area contributed by atoms with Crippen LogP contribution in [0.1, 0.15) is 44.9 Å². The van der Waals surface area contributed by atoms with Gasteiger partial charge in [0.05, 0.1) is 0 Å². The van der Waals surface area contributed by atoms with Gasteiger partial charge in [-0.1, -0.05) is 41.6 Å². The molecule has 2 saturated carbocycles. The summed E-state index contributed by atoms with van der Waals surface area (Å²) in [4.78, 5) is 0. The van der Waals surface area contributed by atoms with Gasteiger partial charge in [-0.25, -0.2) is 0 Å². The number of benzene rings is 1. The smallest absolute Gasteiger partial charge is 0.0487 e. The summed E-state index contributed by atoms with van der Waals surface area (Å²) in [5.41, 5.74) is 1.24. The van der Waals surface area contributed by atoms with Crippen molar-refractivity contribution in [3.05, 3.63) is 27.1 Å². The monoisotopic (exact) mass is 385 g/mol. The summed E-state index contributed by atoms with van der Waals surface area (Å²) in [5.74, 6) is 2.01. The molecule has 0 heterocycles. The van der Waals surface area contributed by atoms with Crippen LogP contribution in [0.2, 0.25) is 0 Å². The highest BCUT2D eigenvalue weighted by Gasteiger charge is 2.32. The van der Waals surface area contributed by atoms with Gasteiger partial charge in [-0.15, -0.1) is 0 Å². The van der Waals surface area contributed by atoms with E-state index in [9.17, 15) is 0 Å². The minimum atomic E-state index is 0.664. The highest BCUT2D eigenvalue weighted by Crippen LogP contribution is 2.41. The Balaban J connectivity index is 1.64. The molecule has 0 aliphatic heterocycles. The first kappa shape index (κ1) is 13.9. The first-order valence-electron chi connectivity index (χ1n) is 7.44. The van der Waals surface area contributed by atoms with Crippen LogP contribution >= 0.6 is 31.9 Å². The molecule has 1 aromatic carbocycles. The number of rotatable bonds is 2. The SMILES string of the molecule is Brc1ccc(NC2CCC3CCCCC3C2)c(Br)c1. The summed E-state index contributed by atoms with van der Waals surface area (Å²) in [5, 5.41) is 3.74. The number of halogens is 2. The summed E-state index contributed by atoms with van der Waals surface area (Å²) in [6.07, 6.45) is 10.0. The van der Waals surface area contributed by atoms with Crippen LogP contribution in [0.4, 0.5) is 5.69 Å². The Kier molecular flexibility index (Phi) is 4.53. The average Bonchev–Trinajstić information content (AvgIpc) is 2.42. The number of anilines is 1. The van der Waals surface area contributed by atoms with Crippen molar-refractivity contribution in [1.29, 1.82) is 0 Å². The Hall–Kier alpha value is -0.0200. The highest BCUT2D eigenvalue weighted by molar-refractivity contribution is 9.11. The summed E-state index contributed by atoms with van der Waals surface area (Å²) >= 11 is 7.16. The second-order valence-corrected chi connectivity index (χ2v) is 7.85. The molecule has 0 saturated heterocycles. The van der Waals surface area contributed by atoms with Crippen molar-refractivity contribution in [2.75, 3.05) is 5.32 Å². The topological polar surface area (TPSA) is 12.0 Å². The van der Waals surface area contributed by atoms with Crippen molar-refractivity contribution < 1.29 is 0 Å². The molecule has 3 rings (SSSR count). The Morgan fingerprint density at radius 3 is 2.53 bits per heavy atom. The molecule has 19 heavy (non-hydrogen) atoms. The van der Waals surface area contributed by atoms with Crippen molar-refractivity contribution in [1.82, 2.24) is 0 Å². The van der Waals surface area contributed by atoms with E-state index in [1.54, 1.807) is 0 Å². The largest absolute Gasteiger partial charge is 0.381 e. The number of fused-ring (bicyclic) bond motifs is 1. The fourth-order valence-corrected chi connectivity index (χ4v) is 4.99. The molecule has 104 valence electrons. The van der Waals surface area contributed by atoms with Gasteiger partial charge in [0.2, 0.25) is 0 Å². The van der Waals surface area contributed by atoms with Crippen LogP contribution in [-0.2, 0) is 0 Å². The molecule has 2 aliphatic carbocycles. The van der Waals surface area contributed by atoms with Gasteiger partial charge in [0, 0.05) is 20.7 Å². The molecule has 2 fully saturated rings. The van der Waals surface area contributed by atoms with Crippen LogP contribution in [-0.4, -0.2) is 6.04 Å². The third-order valence-corrected chi connectivity index (χ3v) is 5.98. The molecule has 3 heteroatoms. The molecule has 2 aliphatic rings. The van der Waals surface area contributed by atoms with Gasteiger partial charge in [-0.05, 0) is 65.2 Å². The average molecular weight is 387 g/mol. The first-order valence-corrected chi connectivity index (χ1v) is 9.02. The fourth-order valence-electron chi connectivity index (χ4n) is 3.83. The van der Waals surface area contributed by atoms with Crippen molar-refractivity contribution >= 4 is 37.5 Å². The van der Waals surface area contributed by atoms with Crippen LogP contribution in [0.15, 0.2) is 27.1 Å². The molecular weight excluding hydrogens is 366 g/mol. The van der Waals surface area contributed by atoms with Crippen molar-refractivity contribution in [3.8, 4) is 0 Å². The summed E-state index contributed by atoms with van der Waals surface area (Å²) in [6.45, 7) is 0. The fraction of sp³-hybridized carbons (Fsp3) is 0.625. The Morgan fingerprint density at radius 2 is 1.74 bits per heavy atom. The van der Waals surface area contributed by atoms with Crippen molar-refractivity contribution in [2.45, 2.75) is 51.0 Å². The van der Waals surface area contributed by atoms with E-state index in [0.717, 1.165) is 20.8 Å². The zero-order chi connectivity index (χ0) is 13.2. The molecule has 3 atom stereocenters. The number of nitrogens with one attached hydrogen (secondary N) is 1. The van der Waals surface area contributed by atoms with Gasteiger partial charge in [0.25, 0.3) is 0 Å². The molecule has 1 aromatic rings. The van der Waals surface area contributed by atoms with E-state index in [2.05, 4.69) is 55.4 Å². The zero-order valence-electron chi connectivity index (χ0n) is 11.2. The second kappa shape index (κ2) is 6.17. The van der Waals surface area contributed by atoms with Crippen molar-refractivity contribution in [2.24, 2.45) is 11.8 Å². The zero-order valence-corrected chi connectivity index (χ0v) is 14.3. The standard InChI is InChI=1S/C16H21Br2N/c17-13-6-8-16(15(18)10-13)19-14-7-5-11-3-1-2-4-12(11)9-14/h6,8,10-12,14,19H,1-5,7,9H2. The van der Waals surface area contributed by atoms with E-state index in [4.69, 9.17) is 0 Å². The Bertz CT molecular complexity index is 446. The Labute approximate surface area is 132 Å². The van der Waals surface area contributed by atoms with Gasteiger partial charge in [0.1, 0.15) is 0 Å². The molecule has 0 spiro atoms. The van der Waals surface area contributed by atoms with Crippen molar-refractivity contribution in [3.63, 3.8) is 0 Å². The summed E-state index contributed by atoms with van der Waals surface area (Å²) < 4.78 is 2.29. The molecule has 1 N–H and O–H groups in total. The van der Waals surface area contributed by atoms with E-state index in [1.165, 1.54) is 50.6 Å². The van der Waals surface area contributed by atoms with Crippen LogP contribution < -0.4 is 5.32 Å². The van der Waals surface area contributed by atoms with Crippen LogP contribution in [0.3, 0.4) is 0 Å². The van der Waals surface area contributed by atoms with E-state index in [1.807, 2.05) is 0 Å². The predicted molar refractivity (Wildman–Crippen MR) is 88.6 cm³/mol.